The highest BCUT2D eigenvalue weighted by molar-refractivity contribution is 9.10. The van der Waals surface area contributed by atoms with E-state index in [-0.39, 0.29) is 16.1 Å². The van der Waals surface area contributed by atoms with Crippen molar-refractivity contribution in [1.29, 1.82) is 0 Å². The van der Waals surface area contributed by atoms with E-state index in [1.165, 1.54) is 6.07 Å². The van der Waals surface area contributed by atoms with Crippen LogP contribution in [0.3, 0.4) is 0 Å². The summed E-state index contributed by atoms with van der Waals surface area (Å²) in [5, 5.41) is 4.91. The molecule has 0 aliphatic heterocycles. The molecule has 2 atom stereocenters. The topological polar surface area (TPSA) is 84.5 Å². The van der Waals surface area contributed by atoms with Crippen LogP contribution in [-0.4, -0.2) is 30.6 Å². The van der Waals surface area contributed by atoms with Crippen LogP contribution < -0.4 is 10.6 Å². The summed E-state index contributed by atoms with van der Waals surface area (Å²) in [7, 11) is 0. The van der Waals surface area contributed by atoms with Crippen LogP contribution >= 0.6 is 15.9 Å². The molecule has 3 amide bonds. The van der Waals surface area contributed by atoms with E-state index in [9.17, 15) is 18.8 Å². The third-order valence-electron chi connectivity index (χ3n) is 4.17. The lowest BCUT2D eigenvalue weighted by atomic mass is 9.86. The van der Waals surface area contributed by atoms with Gasteiger partial charge < -0.3 is 10.1 Å². The van der Waals surface area contributed by atoms with Gasteiger partial charge in [0, 0.05) is 10.5 Å². The summed E-state index contributed by atoms with van der Waals surface area (Å²) >= 11 is 3.05. The van der Waals surface area contributed by atoms with E-state index >= 15 is 0 Å². The number of amides is 3. The first-order valence-electron chi connectivity index (χ1n) is 8.09. The van der Waals surface area contributed by atoms with E-state index in [2.05, 4.69) is 33.5 Å². The molecule has 0 heterocycles. The molecule has 8 heteroatoms. The second-order valence-corrected chi connectivity index (χ2v) is 6.94. The van der Waals surface area contributed by atoms with Gasteiger partial charge in [0.05, 0.1) is 5.56 Å². The van der Waals surface area contributed by atoms with E-state index in [1.807, 2.05) is 0 Å². The molecule has 2 N–H and O–H groups in total. The number of hydrogen-bond acceptors (Lipinski definition) is 4. The number of imide groups is 1. The van der Waals surface area contributed by atoms with Crippen molar-refractivity contribution in [3.05, 3.63) is 34.1 Å². The molecule has 0 unspecified atom stereocenters. The summed E-state index contributed by atoms with van der Waals surface area (Å²) in [6.45, 7) is 1.46. The van der Waals surface area contributed by atoms with Gasteiger partial charge in [-0.3, -0.25) is 10.1 Å². The number of hydrogen-bond donors (Lipinski definition) is 2. The SMILES string of the molecule is C[C@@H]1CCCC[C@H]1NC(=O)NC(=O)COC(=O)c1ccc(F)cc1Br. The fraction of sp³-hybridized carbons (Fsp3) is 0.471. The fourth-order valence-electron chi connectivity index (χ4n) is 2.76. The molecule has 0 saturated heterocycles. The minimum Gasteiger partial charge on any atom is -0.452 e. The smallest absolute Gasteiger partial charge is 0.339 e. The number of urea groups is 1. The summed E-state index contributed by atoms with van der Waals surface area (Å²) in [6.07, 6.45) is 4.13. The third-order valence-corrected chi connectivity index (χ3v) is 4.82. The Morgan fingerprint density at radius 1 is 1.28 bits per heavy atom. The van der Waals surface area contributed by atoms with Gasteiger partial charge in [-0.15, -0.1) is 0 Å². The number of rotatable bonds is 4. The van der Waals surface area contributed by atoms with Crippen molar-refractivity contribution < 1.29 is 23.5 Å². The summed E-state index contributed by atoms with van der Waals surface area (Å²) in [5.41, 5.74) is 0.0923. The van der Waals surface area contributed by atoms with Crippen LogP contribution in [0.25, 0.3) is 0 Å². The maximum absolute atomic E-state index is 13.0. The van der Waals surface area contributed by atoms with Crippen LogP contribution in [-0.2, 0) is 9.53 Å². The molecule has 136 valence electrons. The molecule has 25 heavy (non-hydrogen) atoms. The van der Waals surface area contributed by atoms with Crippen molar-refractivity contribution in [2.24, 2.45) is 5.92 Å². The predicted molar refractivity (Wildman–Crippen MR) is 92.5 cm³/mol. The number of carbonyl (C=O) groups excluding carboxylic acids is 3. The Bertz CT molecular complexity index is 668. The number of halogens is 2. The lowest BCUT2D eigenvalue weighted by Crippen LogP contribution is -2.48. The second kappa shape index (κ2) is 8.94. The average Bonchev–Trinajstić information content (AvgIpc) is 2.54. The number of ether oxygens (including phenoxy) is 1. The van der Waals surface area contributed by atoms with E-state index in [0.29, 0.717) is 5.92 Å². The largest absolute Gasteiger partial charge is 0.452 e. The van der Waals surface area contributed by atoms with E-state index in [4.69, 9.17) is 4.74 Å². The Hall–Kier alpha value is -1.96. The molecule has 0 spiro atoms. The lowest BCUT2D eigenvalue weighted by molar-refractivity contribution is -0.123. The fourth-order valence-corrected chi connectivity index (χ4v) is 3.27. The van der Waals surface area contributed by atoms with Gasteiger partial charge in [0.15, 0.2) is 6.61 Å². The monoisotopic (exact) mass is 414 g/mol. The van der Waals surface area contributed by atoms with Gasteiger partial charge in [0.1, 0.15) is 5.82 Å². The van der Waals surface area contributed by atoms with Crippen molar-refractivity contribution >= 4 is 33.8 Å². The van der Waals surface area contributed by atoms with Gasteiger partial charge in [-0.2, -0.15) is 0 Å². The second-order valence-electron chi connectivity index (χ2n) is 6.09. The van der Waals surface area contributed by atoms with Crippen molar-refractivity contribution in [2.45, 2.75) is 38.6 Å². The first-order valence-corrected chi connectivity index (χ1v) is 8.88. The minimum atomic E-state index is -0.789. The molecular weight excluding hydrogens is 395 g/mol. The zero-order valence-corrected chi connectivity index (χ0v) is 15.4. The number of nitrogens with one attached hydrogen (secondary N) is 2. The normalized spacial score (nSPS) is 19.8. The minimum absolute atomic E-state index is 0.0410. The predicted octanol–water partition coefficient (Wildman–Crippen LogP) is 3.15. The van der Waals surface area contributed by atoms with Gasteiger partial charge in [-0.25, -0.2) is 14.0 Å². The average molecular weight is 415 g/mol. The Labute approximate surface area is 153 Å². The first-order chi connectivity index (χ1) is 11.9. The highest BCUT2D eigenvalue weighted by Crippen LogP contribution is 2.23. The number of esters is 1. The Balaban J connectivity index is 1.77. The van der Waals surface area contributed by atoms with Gasteiger partial charge in [-0.05, 0) is 52.9 Å². The molecule has 1 fully saturated rings. The molecule has 6 nitrogen and oxygen atoms in total. The van der Waals surface area contributed by atoms with Crippen LogP contribution in [0.2, 0.25) is 0 Å². The van der Waals surface area contributed by atoms with E-state index < -0.39 is 30.3 Å². The van der Waals surface area contributed by atoms with E-state index in [1.54, 1.807) is 0 Å². The van der Waals surface area contributed by atoms with Crippen molar-refractivity contribution in [3.8, 4) is 0 Å². The van der Waals surface area contributed by atoms with Gasteiger partial charge in [0.2, 0.25) is 0 Å². The van der Waals surface area contributed by atoms with Crippen LogP contribution in [0.4, 0.5) is 9.18 Å². The third kappa shape index (κ3) is 5.81. The van der Waals surface area contributed by atoms with E-state index in [0.717, 1.165) is 37.8 Å². The molecule has 1 aromatic carbocycles. The standard InChI is InChI=1S/C17H20BrFN2O4/c1-10-4-2-3-5-14(10)20-17(24)21-15(22)9-25-16(23)12-7-6-11(19)8-13(12)18/h6-8,10,14H,2-5,9H2,1H3,(H2,20,21,22,24)/t10-,14-/m1/s1. The van der Waals surface area contributed by atoms with Crippen LogP contribution in [0.15, 0.2) is 22.7 Å². The Kier molecular flexibility index (Phi) is 6.92. The quantitative estimate of drug-likeness (QED) is 0.741. The highest BCUT2D eigenvalue weighted by atomic mass is 79.9. The molecule has 1 aliphatic carbocycles. The zero-order valence-electron chi connectivity index (χ0n) is 13.8. The molecule has 0 radical (unpaired) electrons. The first kappa shape index (κ1) is 19.4. The van der Waals surface area contributed by atoms with Gasteiger partial charge >= 0.3 is 12.0 Å². The summed E-state index contributed by atoms with van der Waals surface area (Å²) in [6, 6.07) is 2.92. The Morgan fingerprint density at radius 2 is 2.00 bits per heavy atom. The van der Waals surface area contributed by atoms with Crippen LogP contribution in [0.1, 0.15) is 43.0 Å². The summed E-state index contributed by atoms with van der Waals surface area (Å²) in [4.78, 5) is 35.4. The number of carbonyl (C=O) groups is 3. The molecular formula is C17H20BrFN2O4. The van der Waals surface area contributed by atoms with Gasteiger partial charge in [-0.1, -0.05) is 19.8 Å². The van der Waals surface area contributed by atoms with Crippen molar-refractivity contribution in [1.82, 2.24) is 10.6 Å². The number of benzene rings is 1. The van der Waals surface area contributed by atoms with Gasteiger partial charge in [0.25, 0.3) is 5.91 Å². The van der Waals surface area contributed by atoms with Crippen LogP contribution in [0, 0.1) is 11.7 Å². The molecule has 2 rings (SSSR count). The molecule has 1 aromatic rings. The van der Waals surface area contributed by atoms with Crippen molar-refractivity contribution in [2.75, 3.05) is 6.61 Å². The van der Waals surface area contributed by atoms with Crippen molar-refractivity contribution in [3.63, 3.8) is 0 Å². The Morgan fingerprint density at radius 3 is 2.68 bits per heavy atom. The molecule has 1 aliphatic rings. The summed E-state index contributed by atoms with van der Waals surface area (Å²) < 4.78 is 18.1. The maximum atomic E-state index is 13.0. The lowest BCUT2D eigenvalue weighted by Gasteiger charge is -2.29. The highest BCUT2D eigenvalue weighted by Gasteiger charge is 2.23. The molecule has 1 saturated carbocycles. The molecule has 0 aromatic heterocycles. The molecule has 0 bridgehead atoms. The zero-order chi connectivity index (χ0) is 18.4. The van der Waals surface area contributed by atoms with Crippen LogP contribution in [0.5, 0.6) is 0 Å². The summed E-state index contributed by atoms with van der Waals surface area (Å²) in [5.74, 6) is -1.66. The maximum Gasteiger partial charge on any atom is 0.339 e.